The molecule has 9 atom stereocenters. The summed E-state index contributed by atoms with van der Waals surface area (Å²) in [6.45, 7) is 16.2. The number of carbonyl (C=O) groups excluding carboxylic acids is 5. The van der Waals surface area contributed by atoms with Crippen LogP contribution in [-0.4, -0.2) is 71.4 Å². The van der Waals surface area contributed by atoms with Crippen molar-refractivity contribution in [2.24, 2.45) is 29.1 Å². The number of esters is 4. The van der Waals surface area contributed by atoms with Gasteiger partial charge in [0.2, 0.25) is 0 Å². The van der Waals surface area contributed by atoms with Gasteiger partial charge in [0.05, 0.1) is 12.5 Å². The van der Waals surface area contributed by atoms with E-state index in [4.69, 9.17) is 23.7 Å². The maximum Gasteiger partial charge on any atom is 0.320 e. The first-order valence-corrected chi connectivity index (χ1v) is 16.0. The van der Waals surface area contributed by atoms with Crippen molar-refractivity contribution >= 4 is 29.7 Å². The lowest BCUT2D eigenvalue weighted by Crippen LogP contribution is -2.59. The van der Waals surface area contributed by atoms with Gasteiger partial charge in [-0.1, -0.05) is 57.7 Å². The van der Waals surface area contributed by atoms with Gasteiger partial charge in [0, 0.05) is 37.7 Å². The van der Waals surface area contributed by atoms with Crippen molar-refractivity contribution < 1.29 is 52.8 Å². The van der Waals surface area contributed by atoms with Gasteiger partial charge in [-0.2, -0.15) is 0 Å². The molecule has 47 heavy (non-hydrogen) atoms. The van der Waals surface area contributed by atoms with Crippen molar-refractivity contribution in [3.05, 3.63) is 54.6 Å². The lowest BCUT2D eigenvalue weighted by molar-refractivity contribution is -0.190. The predicted molar refractivity (Wildman–Crippen MR) is 171 cm³/mol. The fourth-order valence-electron chi connectivity index (χ4n) is 6.73. The first kappa shape index (κ1) is 37.5. The first-order chi connectivity index (χ1) is 21.9. The second-order valence-electron chi connectivity index (χ2n) is 13.2. The van der Waals surface area contributed by atoms with Gasteiger partial charge in [-0.3, -0.25) is 24.0 Å². The van der Waals surface area contributed by atoms with Crippen LogP contribution in [-0.2, 0) is 42.9 Å². The molecule has 0 unspecified atom stereocenters. The molecule has 1 N–H and O–H groups in total. The Bertz CT molecular complexity index is 1370. The number of rotatable bonds is 8. The number of carbonyl (C=O) groups is 5. The molecule has 11 nitrogen and oxygen atoms in total. The van der Waals surface area contributed by atoms with Crippen LogP contribution < -0.4 is 4.74 Å². The molecule has 0 bridgehead atoms. The summed E-state index contributed by atoms with van der Waals surface area (Å²) in [5.41, 5.74) is -3.40. The van der Waals surface area contributed by atoms with E-state index in [1.165, 1.54) is 6.92 Å². The summed E-state index contributed by atoms with van der Waals surface area (Å²) in [6, 6.07) is 8.81. The Kier molecular flexibility index (Phi) is 12.2. The van der Waals surface area contributed by atoms with E-state index < -0.39 is 88.8 Å². The van der Waals surface area contributed by atoms with Crippen molar-refractivity contribution in [1.29, 1.82) is 0 Å². The standard InChI is InChI=1S/C36H48O11/c1-10-18-43-34(41)27-30(44-23(5)37)22(4)31(45-24(6)38)28-29(47-26-14-12-11-13-15-26)21(3)19-36(28,42)33(46-25(7)39)20(2)16-17-35(8,9)32(27)40/h11-17,20-21,27-31,33,42H,4,10,18-19H2,1-3,5-9H3/b17-16+/t20-,21+,27+,28-,29+,30+,31-,33-,36-/m1/s1. The summed E-state index contributed by atoms with van der Waals surface area (Å²) in [5.74, 6) is -7.39. The molecule has 0 radical (unpaired) electrons. The molecule has 258 valence electrons. The summed E-state index contributed by atoms with van der Waals surface area (Å²) in [4.78, 5) is 65.9. The highest BCUT2D eigenvalue weighted by atomic mass is 16.6. The Hall–Kier alpha value is -3.99. The number of ketones is 1. The lowest BCUT2D eigenvalue weighted by Gasteiger charge is -2.45. The topological polar surface area (TPSA) is 152 Å². The summed E-state index contributed by atoms with van der Waals surface area (Å²) in [5, 5.41) is 12.8. The van der Waals surface area contributed by atoms with Gasteiger partial charge < -0.3 is 28.8 Å². The zero-order chi connectivity index (χ0) is 35.3. The average molecular weight is 657 g/mol. The number of hydrogen-bond acceptors (Lipinski definition) is 11. The van der Waals surface area contributed by atoms with Crippen molar-refractivity contribution in [2.45, 2.75) is 98.2 Å². The molecule has 3 rings (SSSR count). The van der Waals surface area contributed by atoms with Crippen molar-refractivity contribution in [3.8, 4) is 5.75 Å². The van der Waals surface area contributed by atoms with E-state index in [9.17, 15) is 29.1 Å². The third kappa shape index (κ3) is 8.49. The minimum Gasteiger partial charge on any atom is -0.490 e. The van der Waals surface area contributed by atoms with E-state index in [1.54, 1.807) is 64.1 Å². The van der Waals surface area contributed by atoms with E-state index in [1.807, 2.05) is 13.0 Å². The number of Topliss-reactive ketones (excluding diaryl/α,β-unsaturated/α-hetero) is 1. The van der Waals surface area contributed by atoms with Gasteiger partial charge in [-0.25, -0.2) is 0 Å². The van der Waals surface area contributed by atoms with Gasteiger partial charge in [0.25, 0.3) is 0 Å². The molecule has 1 fully saturated rings. The molecule has 1 aromatic carbocycles. The second kappa shape index (κ2) is 15.3. The highest BCUT2D eigenvalue weighted by Gasteiger charge is 2.64. The molecule has 1 aromatic rings. The molecule has 0 aliphatic heterocycles. The number of allylic oxidation sites excluding steroid dienone is 1. The number of fused-ring (bicyclic) bond motifs is 1. The van der Waals surface area contributed by atoms with E-state index in [-0.39, 0.29) is 18.6 Å². The third-order valence-electron chi connectivity index (χ3n) is 8.80. The van der Waals surface area contributed by atoms with Crippen LogP contribution in [0, 0.1) is 29.1 Å². The zero-order valence-corrected chi connectivity index (χ0v) is 28.5. The Morgan fingerprint density at radius 3 is 2.06 bits per heavy atom. The number of aliphatic hydroxyl groups is 1. The van der Waals surface area contributed by atoms with Crippen molar-refractivity contribution in [1.82, 2.24) is 0 Å². The van der Waals surface area contributed by atoms with Crippen LogP contribution in [0.5, 0.6) is 5.75 Å². The SMILES string of the molecule is C=C1[C@@H](OC(C)=O)[C@H]2[C@@H](Oc3ccccc3)[C@@H](C)C[C@]2(O)[C@H](OC(C)=O)[C@H](C)/C=C/C(C)(C)C(=O)[C@@H](C(=O)OCCC)[C@H]1OC(C)=O. The maximum absolute atomic E-state index is 14.3. The van der Waals surface area contributed by atoms with E-state index in [0.717, 1.165) is 13.8 Å². The summed E-state index contributed by atoms with van der Waals surface area (Å²) in [7, 11) is 0. The fourth-order valence-corrected chi connectivity index (χ4v) is 6.73. The van der Waals surface area contributed by atoms with Gasteiger partial charge in [-0.15, -0.1) is 0 Å². The van der Waals surface area contributed by atoms with Crippen LogP contribution in [0.3, 0.4) is 0 Å². The van der Waals surface area contributed by atoms with E-state index in [2.05, 4.69) is 6.58 Å². The zero-order valence-electron chi connectivity index (χ0n) is 28.5. The quantitative estimate of drug-likeness (QED) is 0.182. The molecule has 0 heterocycles. The van der Waals surface area contributed by atoms with Crippen LogP contribution >= 0.6 is 0 Å². The van der Waals surface area contributed by atoms with Gasteiger partial charge in [0.1, 0.15) is 35.8 Å². The molecule has 0 saturated heterocycles. The Morgan fingerprint density at radius 2 is 1.51 bits per heavy atom. The van der Waals surface area contributed by atoms with Crippen molar-refractivity contribution in [3.63, 3.8) is 0 Å². The van der Waals surface area contributed by atoms with Crippen molar-refractivity contribution in [2.75, 3.05) is 6.61 Å². The first-order valence-electron chi connectivity index (χ1n) is 16.0. The minimum atomic E-state index is -1.91. The highest BCUT2D eigenvalue weighted by Crippen LogP contribution is 2.51. The molecular weight excluding hydrogens is 608 g/mol. The van der Waals surface area contributed by atoms with Gasteiger partial charge in [0.15, 0.2) is 11.7 Å². The van der Waals surface area contributed by atoms with E-state index in [0.29, 0.717) is 12.2 Å². The monoisotopic (exact) mass is 656 g/mol. The van der Waals surface area contributed by atoms with Gasteiger partial charge >= 0.3 is 23.9 Å². The lowest BCUT2D eigenvalue weighted by atomic mass is 9.70. The van der Waals surface area contributed by atoms with Crippen LogP contribution in [0.4, 0.5) is 0 Å². The van der Waals surface area contributed by atoms with Crippen LogP contribution in [0.15, 0.2) is 54.6 Å². The molecule has 1 saturated carbocycles. The molecule has 2 aliphatic rings. The molecule has 11 heteroatoms. The van der Waals surface area contributed by atoms with Gasteiger partial charge in [-0.05, 0) is 44.7 Å². The second-order valence-corrected chi connectivity index (χ2v) is 13.2. The summed E-state index contributed by atoms with van der Waals surface area (Å²) >= 11 is 0. The number of hydrogen-bond donors (Lipinski definition) is 1. The predicted octanol–water partition coefficient (Wildman–Crippen LogP) is 4.54. The number of benzene rings is 1. The Labute approximate surface area is 276 Å². The summed E-state index contributed by atoms with van der Waals surface area (Å²) < 4.78 is 29.4. The maximum atomic E-state index is 14.3. The molecular formula is C36H48O11. The van der Waals surface area contributed by atoms with Crippen LogP contribution in [0.25, 0.3) is 0 Å². The largest absolute Gasteiger partial charge is 0.490 e. The van der Waals surface area contributed by atoms with Crippen LogP contribution in [0.1, 0.15) is 68.2 Å². The van der Waals surface area contributed by atoms with E-state index >= 15 is 0 Å². The Morgan fingerprint density at radius 1 is 0.936 bits per heavy atom. The smallest absolute Gasteiger partial charge is 0.320 e. The van der Waals surface area contributed by atoms with Crippen LogP contribution in [0.2, 0.25) is 0 Å². The fraction of sp³-hybridized carbons (Fsp3) is 0.583. The average Bonchev–Trinajstić information content (AvgIpc) is 3.24. The minimum absolute atomic E-state index is 0.000493. The molecule has 0 spiro atoms. The summed E-state index contributed by atoms with van der Waals surface area (Å²) in [6.07, 6.45) is -1.52. The molecule has 2 aliphatic carbocycles. The molecule has 0 amide bonds. The third-order valence-corrected chi connectivity index (χ3v) is 8.80. The number of ether oxygens (including phenoxy) is 5. The highest BCUT2D eigenvalue weighted by molar-refractivity contribution is 6.03. The number of para-hydroxylation sites is 1. The molecule has 0 aromatic heterocycles. The normalized spacial score (nSPS) is 32.9. The Balaban J connectivity index is 2.41.